The van der Waals surface area contributed by atoms with E-state index >= 15 is 0 Å². The summed E-state index contributed by atoms with van der Waals surface area (Å²) in [5, 5.41) is 0.789. The lowest BCUT2D eigenvalue weighted by molar-refractivity contribution is 0.301. The fourth-order valence-electron chi connectivity index (χ4n) is 2.13. The molecule has 3 heteroatoms. The van der Waals surface area contributed by atoms with Crippen LogP contribution in [-0.2, 0) is 18.4 Å². The minimum Gasteiger partial charge on any atom is -0.488 e. The topological polar surface area (TPSA) is 9.23 Å². The van der Waals surface area contributed by atoms with Crippen molar-refractivity contribution in [3.05, 3.63) is 63.1 Å². The van der Waals surface area contributed by atoms with Gasteiger partial charge in [0.2, 0.25) is 0 Å². The smallest absolute Gasteiger partial charge is 0.126 e. The van der Waals surface area contributed by atoms with Gasteiger partial charge in [-0.05, 0) is 42.2 Å². The number of benzene rings is 2. The van der Waals surface area contributed by atoms with Gasteiger partial charge in [-0.3, -0.25) is 0 Å². The third-order valence-electron chi connectivity index (χ3n) is 3.27. The molecular formula is C17H18Br2O. The first-order valence-corrected chi connectivity index (χ1v) is 8.61. The van der Waals surface area contributed by atoms with E-state index in [1.54, 1.807) is 0 Å². The largest absolute Gasteiger partial charge is 0.488 e. The molecule has 0 fully saturated rings. The van der Waals surface area contributed by atoms with Crippen molar-refractivity contribution in [2.45, 2.75) is 32.2 Å². The van der Waals surface area contributed by atoms with E-state index in [9.17, 15) is 0 Å². The number of aryl methyl sites for hydroxylation is 2. The molecule has 106 valence electrons. The van der Waals surface area contributed by atoms with Gasteiger partial charge in [0.05, 0.1) is 0 Å². The van der Waals surface area contributed by atoms with Crippen LogP contribution in [0.1, 0.15) is 29.2 Å². The molecule has 2 rings (SSSR count). The fourth-order valence-corrected chi connectivity index (χ4v) is 3.17. The lowest BCUT2D eigenvalue weighted by Gasteiger charge is -2.14. The Kier molecular flexibility index (Phi) is 5.67. The zero-order chi connectivity index (χ0) is 14.5. The van der Waals surface area contributed by atoms with Crippen molar-refractivity contribution in [3.63, 3.8) is 0 Å². The SMILES string of the molecule is CCc1ccc(COc2c(C)cc(Br)cc2CBr)cc1. The van der Waals surface area contributed by atoms with Crippen molar-refractivity contribution < 1.29 is 4.74 Å². The monoisotopic (exact) mass is 396 g/mol. The summed E-state index contributed by atoms with van der Waals surface area (Å²) in [6, 6.07) is 12.8. The van der Waals surface area contributed by atoms with Gasteiger partial charge in [0.25, 0.3) is 0 Å². The maximum absolute atomic E-state index is 6.02. The first kappa shape index (κ1) is 15.6. The maximum Gasteiger partial charge on any atom is 0.126 e. The molecule has 1 nitrogen and oxygen atoms in total. The van der Waals surface area contributed by atoms with Crippen molar-refractivity contribution in [2.75, 3.05) is 0 Å². The van der Waals surface area contributed by atoms with E-state index < -0.39 is 0 Å². The second-order valence-corrected chi connectivity index (χ2v) is 6.28. The summed E-state index contributed by atoms with van der Waals surface area (Å²) < 4.78 is 7.11. The average Bonchev–Trinajstić information content (AvgIpc) is 2.46. The van der Waals surface area contributed by atoms with Crippen LogP contribution in [-0.4, -0.2) is 0 Å². The van der Waals surface area contributed by atoms with Crippen molar-refractivity contribution in [1.29, 1.82) is 0 Å². The summed E-state index contributed by atoms with van der Waals surface area (Å²) in [5.41, 5.74) is 4.88. The number of ether oxygens (including phenoxy) is 1. The van der Waals surface area contributed by atoms with Crippen molar-refractivity contribution in [1.82, 2.24) is 0 Å². The highest BCUT2D eigenvalue weighted by atomic mass is 79.9. The van der Waals surface area contributed by atoms with Gasteiger partial charge in [-0.15, -0.1) is 0 Å². The summed E-state index contributed by atoms with van der Waals surface area (Å²) in [4.78, 5) is 0. The first-order valence-electron chi connectivity index (χ1n) is 6.69. The average molecular weight is 398 g/mol. The van der Waals surface area contributed by atoms with Gasteiger partial charge in [-0.2, -0.15) is 0 Å². The van der Waals surface area contributed by atoms with Crippen molar-refractivity contribution in [3.8, 4) is 5.75 Å². The second-order valence-electron chi connectivity index (χ2n) is 4.80. The molecule has 0 N–H and O–H groups in total. The Morgan fingerprint density at radius 2 is 1.70 bits per heavy atom. The fraction of sp³-hybridized carbons (Fsp3) is 0.294. The molecule has 0 bridgehead atoms. The highest BCUT2D eigenvalue weighted by molar-refractivity contribution is 9.10. The van der Waals surface area contributed by atoms with Gasteiger partial charge in [0.15, 0.2) is 0 Å². The summed E-state index contributed by atoms with van der Waals surface area (Å²) >= 11 is 7.04. The van der Waals surface area contributed by atoms with Gasteiger partial charge >= 0.3 is 0 Å². The molecule has 0 aromatic heterocycles. The van der Waals surface area contributed by atoms with Crippen LogP contribution in [0.25, 0.3) is 0 Å². The molecule has 0 atom stereocenters. The minimum atomic E-state index is 0.604. The lowest BCUT2D eigenvalue weighted by atomic mass is 10.1. The maximum atomic E-state index is 6.02. The predicted molar refractivity (Wildman–Crippen MR) is 91.7 cm³/mol. The Morgan fingerprint density at radius 1 is 1.05 bits per heavy atom. The summed E-state index contributed by atoms with van der Waals surface area (Å²) in [7, 11) is 0. The Labute approximate surface area is 137 Å². The molecule has 0 spiro atoms. The van der Waals surface area contributed by atoms with E-state index in [0.29, 0.717) is 6.61 Å². The van der Waals surface area contributed by atoms with Crippen LogP contribution in [0.4, 0.5) is 0 Å². The molecule has 0 radical (unpaired) electrons. The first-order chi connectivity index (χ1) is 9.63. The number of rotatable bonds is 5. The molecule has 2 aromatic carbocycles. The zero-order valence-electron chi connectivity index (χ0n) is 11.7. The van der Waals surface area contributed by atoms with E-state index in [-0.39, 0.29) is 0 Å². The lowest BCUT2D eigenvalue weighted by Crippen LogP contribution is -2.00. The zero-order valence-corrected chi connectivity index (χ0v) is 14.9. The minimum absolute atomic E-state index is 0.604. The number of halogens is 2. The summed E-state index contributed by atoms with van der Waals surface area (Å²) in [6.07, 6.45) is 1.07. The molecule has 0 unspecified atom stereocenters. The summed E-state index contributed by atoms with van der Waals surface area (Å²) in [5.74, 6) is 0.977. The van der Waals surface area contributed by atoms with Crippen LogP contribution in [0.3, 0.4) is 0 Å². The Morgan fingerprint density at radius 3 is 2.30 bits per heavy atom. The molecule has 0 heterocycles. The molecule has 2 aromatic rings. The number of hydrogen-bond acceptors (Lipinski definition) is 1. The quantitative estimate of drug-likeness (QED) is 0.579. The molecule has 20 heavy (non-hydrogen) atoms. The molecule has 0 amide bonds. The van der Waals surface area contributed by atoms with Gasteiger partial charge in [0.1, 0.15) is 12.4 Å². The molecule has 0 saturated heterocycles. The van der Waals surface area contributed by atoms with E-state index in [2.05, 4.69) is 82.1 Å². The molecule has 0 aliphatic heterocycles. The normalized spacial score (nSPS) is 10.6. The van der Waals surface area contributed by atoms with Crippen LogP contribution < -0.4 is 4.74 Å². The van der Waals surface area contributed by atoms with Crippen LogP contribution in [0.5, 0.6) is 5.75 Å². The molecule has 0 aliphatic rings. The number of hydrogen-bond donors (Lipinski definition) is 0. The van der Waals surface area contributed by atoms with Crippen LogP contribution in [0.2, 0.25) is 0 Å². The Bertz CT molecular complexity index is 576. The second kappa shape index (κ2) is 7.28. The highest BCUT2D eigenvalue weighted by Crippen LogP contribution is 2.30. The van der Waals surface area contributed by atoms with Crippen molar-refractivity contribution >= 4 is 31.9 Å². The van der Waals surface area contributed by atoms with E-state index in [1.807, 2.05) is 0 Å². The number of alkyl halides is 1. The predicted octanol–water partition coefficient (Wildman–Crippen LogP) is 5.79. The van der Waals surface area contributed by atoms with E-state index in [0.717, 1.165) is 27.5 Å². The Balaban J connectivity index is 2.13. The van der Waals surface area contributed by atoms with Gasteiger partial charge in [0, 0.05) is 15.4 Å². The van der Waals surface area contributed by atoms with Gasteiger partial charge < -0.3 is 4.74 Å². The highest BCUT2D eigenvalue weighted by Gasteiger charge is 2.08. The van der Waals surface area contributed by atoms with E-state index in [4.69, 9.17) is 4.74 Å². The third-order valence-corrected chi connectivity index (χ3v) is 4.34. The standard InChI is InChI=1S/C17H18Br2O/c1-3-13-4-6-14(7-5-13)11-20-17-12(2)8-16(19)9-15(17)10-18/h4-9H,3,10-11H2,1-2H3. The van der Waals surface area contributed by atoms with Crippen LogP contribution in [0, 0.1) is 6.92 Å². The third kappa shape index (κ3) is 3.86. The molecule has 0 saturated carbocycles. The molecular weight excluding hydrogens is 380 g/mol. The van der Waals surface area contributed by atoms with Crippen molar-refractivity contribution in [2.24, 2.45) is 0 Å². The summed E-state index contributed by atoms with van der Waals surface area (Å²) in [6.45, 7) is 4.85. The van der Waals surface area contributed by atoms with Gasteiger partial charge in [-0.1, -0.05) is 63.0 Å². The van der Waals surface area contributed by atoms with Crippen LogP contribution in [0.15, 0.2) is 40.9 Å². The van der Waals surface area contributed by atoms with Gasteiger partial charge in [-0.25, -0.2) is 0 Å². The van der Waals surface area contributed by atoms with Crippen LogP contribution >= 0.6 is 31.9 Å². The van der Waals surface area contributed by atoms with E-state index in [1.165, 1.54) is 16.7 Å². The molecule has 0 aliphatic carbocycles. The Hall–Kier alpha value is -0.800.